The first-order chi connectivity index (χ1) is 12.7. The van der Waals surface area contributed by atoms with Gasteiger partial charge in [-0.15, -0.1) is 22.7 Å². The summed E-state index contributed by atoms with van der Waals surface area (Å²) in [5.41, 5.74) is 0.679. The zero-order valence-electron chi connectivity index (χ0n) is 13.9. The lowest BCUT2D eigenvalue weighted by Gasteiger charge is -2.07. The summed E-state index contributed by atoms with van der Waals surface area (Å²) in [4.78, 5) is 15.4. The Bertz CT molecular complexity index is 1030. The molecular weight excluding hydrogens is 362 g/mol. The van der Waals surface area contributed by atoms with Crippen LogP contribution in [0.4, 0.5) is 0 Å². The van der Waals surface area contributed by atoms with Crippen LogP contribution in [0, 0.1) is 0 Å². The van der Waals surface area contributed by atoms with Crippen LogP contribution in [0.1, 0.15) is 31.1 Å². The molecule has 4 aromatic rings. The smallest absolute Gasteiger partial charge is 0.252 e. The van der Waals surface area contributed by atoms with Crippen molar-refractivity contribution in [2.24, 2.45) is 0 Å². The first-order valence-electron chi connectivity index (χ1n) is 8.28. The second kappa shape index (κ2) is 7.41. The number of aliphatic hydroxyl groups is 1. The van der Waals surface area contributed by atoms with Crippen LogP contribution in [0.2, 0.25) is 0 Å². The number of carbonyl (C=O) groups is 1. The van der Waals surface area contributed by atoms with Crippen LogP contribution >= 0.6 is 22.7 Å². The van der Waals surface area contributed by atoms with Crippen LogP contribution in [-0.2, 0) is 6.54 Å². The first kappa shape index (κ1) is 17.0. The zero-order chi connectivity index (χ0) is 17.9. The van der Waals surface area contributed by atoms with E-state index in [4.69, 9.17) is 0 Å². The average molecular weight is 380 g/mol. The van der Waals surface area contributed by atoms with Crippen molar-refractivity contribution in [3.05, 3.63) is 92.3 Å². The quantitative estimate of drug-likeness (QED) is 0.514. The van der Waals surface area contributed by atoms with Crippen molar-refractivity contribution in [2.45, 2.75) is 12.6 Å². The van der Waals surface area contributed by atoms with E-state index in [1.54, 1.807) is 0 Å². The molecule has 2 aromatic carbocycles. The van der Waals surface area contributed by atoms with E-state index in [1.165, 1.54) is 22.7 Å². The van der Waals surface area contributed by atoms with Crippen molar-refractivity contribution < 1.29 is 9.90 Å². The van der Waals surface area contributed by atoms with Crippen molar-refractivity contribution in [1.29, 1.82) is 0 Å². The van der Waals surface area contributed by atoms with Gasteiger partial charge in [-0.2, -0.15) is 0 Å². The van der Waals surface area contributed by atoms with Crippen LogP contribution in [0.15, 0.2) is 72.1 Å². The molecule has 2 aromatic heterocycles. The molecule has 1 amide bonds. The lowest BCUT2D eigenvalue weighted by atomic mass is 10.0. The first-order valence-corrected chi connectivity index (χ1v) is 9.98. The summed E-state index contributed by atoms with van der Waals surface area (Å²) in [5, 5.41) is 17.3. The molecule has 0 fully saturated rings. The maximum atomic E-state index is 12.6. The average Bonchev–Trinajstić information content (AvgIpc) is 3.37. The van der Waals surface area contributed by atoms with E-state index < -0.39 is 6.10 Å². The van der Waals surface area contributed by atoms with Gasteiger partial charge in [0.05, 0.1) is 6.54 Å². The minimum atomic E-state index is -0.595. The molecule has 0 bridgehead atoms. The monoisotopic (exact) mass is 379 g/mol. The van der Waals surface area contributed by atoms with E-state index in [0.717, 1.165) is 25.4 Å². The highest BCUT2D eigenvalue weighted by Crippen LogP contribution is 2.31. The molecule has 0 aliphatic rings. The molecule has 5 heteroatoms. The molecule has 0 radical (unpaired) electrons. The Kier molecular flexibility index (Phi) is 4.84. The van der Waals surface area contributed by atoms with Crippen LogP contribution in [0.25, 0.3) is 10.8 Å². The van der Waals surface area contributed by atoms with Gasteiger partial charge in [0.2, 0.25) is 0 Å². The van der Waals surface area contributed by atoms with E-state index >= 15 is 0 Å². The number of hydrogen-bond donors (Lipinski definition) is 2. The molecular formula is C21H17NO2S2. The Labute approximate surface area is 159 Å². The van der Waals surface area contributed by atoms with Gasteiger partial charge in [0.25, 0.3) is 5.91 Å². The minimum absolute atomic E-state index is 0.0874. The highest BCUT2D eigenvalue weighted by atomic mass is 32.1. The molecule has 0 aliphatic carbocycles. The normalized spacial score (nSPS) is 12.2. The third-order valence-electron chi connectivity index (χ3n) is 4.22. The second-order valence-electron chi connectivity index (χ2n) is 5.93. The Hall–Kier alpha value is -2.47. The number of carbonyl (C=O) groups excluding carboxylic acids is 1. The largest absolute Gasteiger partial charge is 0.382 e. The molecule has 0 saturated carbocycles. The van der Waals surface area contributed by atoms with Crippen LogP contribution in [-0.4, -0.2) is 11.0 Å². The number of rotatable bonds is 5. The number of benzene rings is 2. The Morgan fingerprint density at radius 3 is 2.65 bits per heavy atom. The lowest BCUT2D eigenvalue weighted by molar-refractivity contribution is 0.0953. The fraction of sp³-hybridized carbons (Fsp3) is 0.0952. The fourth-order valence-corrected chi connectivity index (χ4v) is 4.67. The van der Waals surface area contributed by atoms with Crippen molar-refractivity contribution in [1.82, 2.24) is 5.32 Å². The summed E-state index contributed by atoms with van der Waals surface area (Å²) in [6.07, 6.45) is -0.595. The number of amides is 1. The lowest BCUT2D eigenvalue weighted by Crippen LogP contribution is -2.22. The molecule has 0 aliphatic heterocycles. The predicted molar refractivity (Wildman–Crippen MR) is 108 cm³/mol. The number of thiophene rings is 2. The fourth-order valence-electron chi connectivity index (χ4n) is 2.91. The van der Waals surface area contributed by atoms with E-state index in [0.29, 0.717) is 12.1 Å². The van der Waals surface area contributed by atoms with E-state index in [-0.39, 0.29) is 5.91 Å². The summed E-state index contributed by atoms with van der Waals surface area (Å²) in [6.45, 7) is 0.448. The third kappa shape index (κ3) is 3.42. The number of nitrogens with one attached hydrogen (secondary N) is 1. The molecule has 0 spiro atoms. The molecule has 4 rings (SSSR count). The van der Waals surface area contributed by atoms with Gasteiger partial charge in [-0.05, 0) is 40.4 Å². The van der Waals surface area contributed by atoms with Gasteiger partial charge in [-0.25, -0.2) is 0 Å². The molecule has 3 nitrogen and oxygen atoms in total. The SMILES string of the molecule is O=C(NCc1ccc([C@H](O)c2cccs2)s1)c1cccc2ccccc12. The number of hydrogen-bond acceptors (Lipinski definition) is 4. The summed E-state index contributed by atoms with van der Waals surface area (Å²) in [7, 11) is 0. The van der Waals surface area contributed by atoms with Gasteiger partial charge in [0, 0.05) is 20.2 Å². The van der Waals surface area contributed by atoms with Crippen LogP contribution in [0.5, 0.6) is 0 Å². The molecule has 2 N–H and O–H groups in total. The minimum Gasteiger partial charge on any atom is -0.382 e. The van der Waals surface area contributed by atoms with E-state index in [1.807, 2.05) is 72.1 Å². The summed E-state index contributed by atoms with van der Waals surface area (Å²) in [6, 6.07) is 21.4. The maximum Gasteiger partial charge on any atom is 0.252 e. The highest BCUT2D eigenvalue weighted by Gasteiger charge is 2.15. The van der Waals surface area contributed by atoms with Crippen molar-refractivity contribution in [3.63, 3.8) is 0 Å². The van der Waals surface area contributed by atoms with E-state index in [2.05, 4.69) is 5.32 Å². The molecule has 130 valence electrons. The Balaban J connectivity index is 1.46. The van der Waals surface area contributed by atoms with Gasteiger partial charge < -0.3 is 10.4 Å². The van der Waals surface area contributed by atoms with Crippen molar-refractivity contribution >= 4 is 39.4 Å². The van der Waals surface area contributed by atoms with Gasteiger partial charge in [-0.3, -0.25) is 4.79 Å². The van der Waals surface area contributed by atoms with Gasteiger partial charge in [-0.1, -0.05) is 42.5 Å². The Morgan fingerprint density at radius 2 is 1.81 bits per heavy atom. The highest BCUT2D eigenvalue weighted by molar-refractivity contribution is 7.12. The van der Waals surface area contributed by atoms with Gasteiger partial charge in [0.1, 0.15) is 6.10 Å². The van der Waals surface area contributed by atoms with Crippen molar-refractivity contribution in [2.75, 3.05) is 0 Å². The molecule has 2 heterocycles. The number of fused-ring (bicyclic) bond motifs is 1. The van der Waals surface area contributed by atoms with Gasteiger partial charge in [0.15, 0.2) is 0 Å². The maximum absolute atomic E-state index is 12.6. The van der Waals surface area contributed by atoms with E-state index in [9.17, 15) is 9.90 Å². The predicted octanol–water partition coefficient (Wildman–Crippen LogP) is 4.97. The molecule has 0 unspecified atom stereocenters. The standard InChI is InChI=1S/C21H17NO2S2/c23-20(18-9-4-12-25-18)19-11-10-15(26-19)13-22-21(24)17-8-3-6-14-5-1-2-7-16(14)17/h1-12,20,23H,13H2,(H,22,24)/t20-/m1/s1. The van der Waals surface area contributed by atoms with Crippen molar-refractivity contribution in [3.8, 4) is 0 Å². The van der Waals surface area contributed by atoms with Gasteiger partial charge >= 0.3 is 0 Å². The molecule has 26 heavy (non-hydrogen) atoms. The topological polar surface area (TPSA) is 49.3 Å². The molecule has 0 saturated heterocycles. The summed E-state index contributed by atoms with van der Waals surface area (Å²) >= 11 is 3.06. The summed E-state index contributed by atoms with van der Waals surface area (Å²) in [5.74, 6) is -0.0874. The zero-order valence-corrected chi connectivity index (χ0v) is 15.5. The third-order valence-corrected chi connectivity index (χ3v) is 6.28. The second-order valence-corrected chi connectivity index (χ2v) is 8.11. The van der Waals surface area contributed by atoms with Crippen LogP contribution < -0.4 is 5.32 Å². The number of aliphatic hydroxyl groups excluding tert-OH is 1. The Morgan fingerprint density at radius 1 is 0.962 bits per heavy atom. The molecule has 1 atom stereocenters. The van der Waals surface area contributed by atoms with Crippen LogP contribution in [0.3, 0.4) is 0 Å². The summed E-state index contributed by atoms with van der Waals surface area (Å²) < 4.78 is 0.